The Morgan fingerprint density at radius 2 is 0.976 bits per heavy atom. The van der Waals surface area contributed by atoms with Crippen molar-refractivity contribution in [3.63, 3.8) is 0 Å². The van der Waals surface area contributed by atoms with E-state index in [1.807, 2.05) is 27.7 Å². The minimum atomic E-state index is -0.356. The van der Waals surface area contributed by atoms with Crippen molar-refractivity contribution in [1.29, 1.82) is 0 Å². The quantitative estimate of drug-likeness (QED) is 0.192. The van der Waals surface area contributed by atoms with E-state index in [4.69, 9.17) is 0 Å². The SMILES string of the molecule is CC(C)n1nnc(-c2cnn(-c3ccc(F)cc3)c2SSc2c(-c3nnn(C(C)C)n3)cnn2-c2ccc(F)cc2)n1. The smallest absolute Gasteiger partial charge is 0.209 e. The van der Waals surface area contributed by atoms with Crippen molar-refractivity contribution < 1.29 is 8.78 Å². The first kappa shape index (κ1) is 27.7. The molecule has 0 amide bonds. The van der Waals surface area contributed by atoms with E-state index in [1.54, 1.807) is 46.0 Å². The Hall–Kier alpha value is -4.44. The van der Waals surface area contributed by atoms with Crippen molar-refractivity contribution in [2.24, 2.45) is 0 Å². The summed E-state index contributed by atoms with van der Waals surface area (Å²) in [5, 5.41) is 36.4. The van der Waals surface area contributed by atoms with Gasteiger partial charge in [-0.2, -0.15) is 19.8 Å². The Bertz CT molecular complexity index is 1690. The molecule has 0 atom stereocenters. The Kier molecular flexibility index (Phi) is 7.55. The van der Waals surface area contributed by atoms with Crippen LogP contribution in [-0.4, -0.2) is 60.0 Å². The lowest BCUT2D eigenvalue weighted by atomic mass is 10.3. The van der Waals surface area contributed by atoms with Crippen LogP contribution in [0.3, 0.4) is 0 Å². The number of nitrogens with zero attached hydrogens (tertiary/aromatic N) is 12. The molecule has 0 aliphatic carbocycles. The second-order valence-electron chi connectivity index (χ2n) is 9.72. The molecular weight excluding hydrogens is 583 g/mol. The van der Waals surface area contributed by atoms with E-state index in [0.29, 0.717) is 44.2 Å². The minimum Gasteiger partial charge on any atom is -0.226 e. The molecule has 4 aromatic heterocycles. The monoisotopic (exact) mass is 606 g/mol. The topological polar surface area (TPSA) is 123 Å². The second kappa shape index (κ2) is 11.4. The summed E-state index contributed by atoms with van der Waals surface area (Å²) in [6, 6.07) is 12.1. The van der Waals surface area contributed by atoms with Gasteiger partial charge in [0.1, 0.15) is 21.7 Å². The molecule has 6 aromatic rings. The second-order valence-corrected chi connectivity index (χ2v) is 11.8. The van der Waals surface area contributed by atoms with Gasteiger partial charge in [0.05, 0.1) is 47.0 Å². The van der Waals surface area contributed by atoms with Gasteiger partial charge >= 0.3 is 0 Å². The van der Waals surface area contributed by atoms with Crippen molar-refractivity contribution in [3.8, 4) is 34.2 Å². The first-order chi connectivity index (χ1) is 20.3. The predicted molar refractivity (Wildman–Crippen MR) is 153 cm³/mol. The fraction of sp³-hybridized carbons (Fsp3) is 0.231. The summed E-state index contributed by atoms with van der Waals surface area (Å²) in [7, 11) is 2.74. The zero-order valence-corrected chi connectivity index (χ0v) is 24.5. The average molecular weight is 607 g/mol. The van der Waals surface area contributed by atoms with E-state index in [9.17, 15) is 8.78 Å². The standard InChI is InChI=1S/C26H24F2N12S2/c1-15(2)39-33-23(31-35-39)21-13-29-37(19-9-5-17(27)6-10-19)25(21)41-42-26-22(24-32-36-40(34-24)16(3)4)14-30-38(26)20-11-7-18(28)8-12-20/h5-16H,1-4H3. The van der Waals surface area contributed by atoms with Crippen molar-refractivity contribution in [3.05, 3.63) is 72.6 Å². The molecule has 0 fully saturated rings. The third kappa shape index (κ3) is 5.42. The highest BCUT2D eigenvalue weighted by Crippen LogP contribution is 2.45. The molecule has 0 N–H and O–H groups in total. The van der Waals surface area contributed by atoms with Crippen molar-refractivity contribution in [1.82, 2.24) is 60.0 Å². The zero-order valence-electron chi connectivity index (χ0n) is 22.9. The highest BCUT2D eigenvalue weighted by atomic mass is 33.1. The van der Waals surface area contributed by atoms with E-state index >= 15 is 0 Å². The first-order valence-electron chi connectivity index (χ1n) is 12.9. The molecule has 4 heterocycles. The third-order valence-corrected chi connectivity index (χ3v) is 8.44. The normalized spacial score (nSPS) is 11.7. The number of halogens is 2. The van der Waals surface area contributed by atoms with Gasteiger partial charge in [-0.05, 0) is 108 Å². The summed E-state index contributed by atoms with van der Waals surface area (Å²) in [6.07, 6.45) is 3.31. The van der Waals surface area contributed by atoms with Crippen molar-refractivity contribution in [2.75, 3.05) is 0 Å². The van der Waals surface area contributed by atoms with E-state index in [-0.39, 0.29) is 23.7 Å². The molecule has 0 radical (unpaired) electrons. The maximum absolute atomic E-state index is 13.8. The van der Waals surface area contributed by atoms with Crippen LogP contribution in [-0.2, 0) is 0 Å². The number of tetrazole rings is 2. The fourth-order valence-corrected chi connectivity index (χ4v) is 6.36. The maximum atomic E-state index is 13.8. The Morgan fingerprint density at radius 1 is 0.595 bits per heavy atom. The van der Waals surface area contributed by atoms with Gasteiger partial charge in [-0.3, -0.25) is 0 Å². The van der Waals surface area contributed by atoms with Crippen LogP contribution in [0.4, 0.5) is 8.78 Å². The van der Waals surface area contributed by atoms with Gasteiger partial charge in [-0.1, -0.05) is 0 Å². The highest BCUT2D eigenvalue weighted by Gasteiger charge is 2.24. The molecule has 16 heteroatoms. The number of rotatable bonds is 9. The van der Waals surface area contributed by atoms with Crippen molar-refractivity contribution >= 4 is 21.6 Å². The summed E-state index contributed by atoms with van der Waals surface area (Å²) in [4.78, 5) is 3.05. The van der Waals surface area contributed by atoms with E-state index in [1.165, 1.54) is 55.4 Å². The van der Waals surface area contributed by atoms with E-state index in [2.05, 4.69) is 41.0 Å². The molecule has 0 spiro atoms. The Labute approximate surface area is 246 Å². The lowest BCUT2D eigenvalue weighted by Gasteiger charge is -2.11. The lowest BCUT2D eigenvalue weighted by Crippen LogP contribution is -2.04. The molecule has 0 saturated heterocycles. The molecule has 214 valence electrons. The molecule has 0 bridgehead atoms. The summed E-state index contributed by atoms with van der Waals surface area (Å²) in [5.74, 6) is 0.0833. The van der Waals surface area contributed by atoms with Crippen molar-refractivity contribution in [2.45, 2.75) is 49.8 Å². The van der Waals surface area contributed by atoms with Gasteiger partial charge < -0.3 is 0 Å². The Balaban J connectivity index is 1.44. The first-order valence-corrected chi connectivity index (χ1v) is 15.1. The number of hydrogen-bond acceptors (Lipinski definition) is 10. The molecule has 42 heavy (non-hydrogen) atoms. The maximum Gasteiger partial charge on any atom is 0.209 e. The largest absolute Gasteiger partial charge is 0.226 e. The van der Waals surface area contributed by atoms with Gasteiger partial charge in [-0.15, -0.1) is 20.4 Å². The molecule has 12 nitrogen and oxygen atoms in total. The van der Waals surface area contributed by atoms with Crippen LogP contribution in [0.15, 0.2) is 71.0 Å². The van der Waals surface area contributed by atoms with Crippen LogP contribution >= 0.6 is 21.6 Å². The van der Waals surface area contributed by atoms with Gasteiger partial charge in [0.25, 0.3) is 0 Å². The number of hydrogen-bond donors (Lipinski definition) is 0. The van der Waals surface area contributed by atoms with Gasteiger partial charge in [0, 0.05) is 0 Å². The third-order valence-electron chi connectivity index (χ3n) is 6.05. The summed E-state index contributed by atoms with van der Waals surface area (Å²) < 4.78 is 30.9. The molecule has 2 aromatic carbocycles. The molecular formula is C26H24F2N12S2. The number of benzene rings is 2. The van der Waals surface area contributed by atoms with Crippen LogP contribution in [0.25, 0.3) is 34.2 Å². The van der Waals surface area contributed by atoms with Crippen LogP contribution in [0, 0.1) is 11.6 Å². The minimum absolute atomic E-state index is 0.0169. The lowest BCUT2D eigenvalue weighted by molar-refractivity contribution is 0.455. The zero-order chi connectivity index (χ0) is 29.4. The highest BCUT2D eigenvalue weighted by molar-refractivity contribution is 8.76. The molecule has 0 aliphatic rings. The summed E-state index contributed by atoms with van der Waals surface area (Å²) in [6.45, 7) is 7.84. The average Bonchev–Trinajstić information content (AvgIpc) is 3.78. The van der Waals surface area contributed by atoms with Gasteiger partial charge in [0.15, 0.2) is 0 Å². The molecule has 0 saturated carbocycles. The van der Waals surface area contributed by atoms with Crippen LogP contribution in [0.5, 0.6) is 0 Å². The van der Waals surface area contributed by atoms with Gasteiger partial charge in [0.2, 0.25) is 11.6 Å². The number of aromatic nitrogens is 12. The van der Waals surface area contributed by atoms with Crippen LogP contribution in [0.1, 0.15) is 39.8 Å². The summed E-state index contributed by atoms with van der Waals surface area (Å²) in [5.41, 5.74) is 2.58. The summed E-state index contributed by atoms with van der Waals surface area (Å²) >= 11 is 0. The van der Waals surface area contributed by atoms with E-state index in [0.717, 1.165) is 0 Å². The van der Waals surface area contributed by atoms with Gasteiger partial charge in [-0.25, -0.2) is 18.1 Å². The van der Waals surface area contributed by atoms with Crippen LogP contribution in [0.2, 0.25) is 0 Å². The predicted octanol–water partition coefficient (Wildman–Crippen LogP) is 5.60. The molecule has 0 aliphatic heterocycles. The molecule has 0 unspecified atom stereocenters. The van der Waals surface area contributed by atoms with E-state index < -0.39 is 0 Å². The fourth-order valence-electron chi connectivity index (χ4n) is 3.86. The Morgan fingerprint density at radius 3 is 1.31 bits per heavy atom. The van der Waals surface area contributed by atoms with Crippen LogP contribution < -0.4 is 0 Å². The molecule has 6 rings (SSSR count).